The molecule has 25 heavy (non-hydrogen) atoms. The number of hydrazone groups is 2. The first-order valence-electron chi connectivity index (χ1n) is 7.72. The third kappa shape index (κ3) is 4.82. The average Bonchev–Trinajstić information content (AvgIpc) is 3.29. The molecule has 0 bridgehead atoms. The highest BCUT2D eigenvalue weighted by Gasteiger charge is 2.15. The lowest BCUT2D eigenvalue weighted by molar-refractivity contribution is 0.561. The maximum absolute atomic E-state index is 12.8. The van der Waals surface area contributed by atoms with E-state index in [1.807, 2.05) is 12.4 Å². The molecule has 2 N–H and O–H groups in total. The molecule has 2 aromatic rings. The van der Waals surface area contributed by atoms with Crippen LogP contribution in [0, 0.1) is 11.6 Å². The summed E-state index contributed by atoms with van der Waals surface area (Å²) in [7, 11) is 0. The lowest BCUT2D eigenvalue weighted by Crippen LogP contribution is -2.10. The summed E-state index contributed by atoms with van der Waals surface area (Å²) in [5.74, 6) is -1.10. The molecule has 130 valence electrons. The van der Waals surface area contributed by atoms with Crippen molar-refractivity contribution in [2.24, 2.45) is 10.2 Å². The monoisotopic (exact) mass is 407 g/mol. The third-order valence-corrected chi connectivity index (χ3v) is 4.17. The van der Waals surface area contributed by atoms with Gasteiger partial charge in [-0.1, -0.05) is 0 Å². The van der Waals surface area contributed by atoms with Gasteiger partial charge in [-0.05, 0) is 45.3 Å². The number of aromatic nitrogens is 1. The summed E-state index contributed by atoms with van der Waals surface area (Å²) in [5.41, 5.74) is 7.53. The fourth-order valence-corrected chi connectivity index (χ4v) is 2.91. The van der Waals surface area contributed by atoms with E-state index in [0.717, 1.165) is 17.0 Å². The van der Waals surface area contributed by atoms with Gasteiger partial charge in [-0.2, -0.15) is 10.2 Å². The van der Waals surface area contributed by atoms with Crippen LogP contribution in [-0.4, -0.2) is 17.4 Å². The molecule has 0 saturated heterocycles. The molecule has 2 aliphatic heterocycles. The number of halogens is 3. The van der Waals surface area contributed by atoms with Crippen LogP contribution >= 0.6 is 15.9 Å². The summed E-state index contributed by atoms with van der Waals surface area (Å²) in [6, 6.07) is 5.75. The van der Waals surface area contributed by atoms with Gasteiger partial charge in [0, 0.05) is 48.2 Å². The summed E-state index contributed by atoms with van der Waals surface area (Å²) in [5, 5.41) is 7.73. The Bertz CT molecular complexity index is 760. The SMILES string of the molecule is Brc1cncc(C2CC=NN2)c1.Fc1cc(F)cc(C2CC=NN2)c1. The lowest BCUT2D eigenvalue weighted by Gasteiger charge is -2.09. The number of rotatable bonds is 2. The third-order valence-electron chi connectivity index (χ3n) is 3.74. The highest BCUT2D eigenvalue weighted by atomic mass is 79.9. The first-order valence-corrected chi connectivity index (χ1v) is 8.51. The number of hydrogen-bond donors (Lipinski definition) is 2. The predicted molar refractivity (Wildman–Crippen MR) is 96.3 cm³/mol. The maximum atomic E-state index is 12.8. The van der Waals surface area contributed by atoms with Crippen LogP contribution in [0.1, 0.15) is 36.1 Å². The van der Waals surface area contributed by atoms with Gasteiger partial charge in [0.15, 0.2) is 0 Å². The second-order valence-electron chi connectivity index (χ2n) is 5.60. The highest BCUT2D eigenvalue weighted by Crippen LogP contribution is 2.21. The van der Waals surface area contributed by atoms with Gasteiger partial charge in [0.25, 0.3) is 0 Å². The normalized spacial score (nSPS) is 20.6. The number of pyridine rings is 1. The summed E-state index contributed by atoms with van der Waals surface area (Å²) < 4.78 is 26.6. The smallest absolute Gasteiger partial charge is 0.126 e. The van der Waals surface area contributed by atoms with E-state index in [1.54, 1.807) is 12.4 Å². The van der Waals surface area contributed by atoms with Crippen molar-refractivity contribution in [3.8, 4) is 0 Å². The number of benzene rings is 1. The van der Waals surface area contributed by atoms with Crippen LogP contribution in [0.5, 0.6) is 0 Å². The Labute approximate surface area is 152 Å². The van der Waals surface area contributed by atoms with Crippen LogP contribution in [-0.2, 0) is 0 Å². The van der Waals surface area contributed by atoms with Crippen molar-refractivity contribution in [1.29, 1.82) is 0 Å². The topological polar surface area (TPSA) is 61.7 Å². The second kappa shape index (κ2) is 8.15. The molecule has 0 radical (unpaired) electrons. The molecular weight excluding hydrogens is 392 g/mol. The van der Waals surface area contributed by atoms with E-state index in [-0.39, 0.29) is 6.04 Å². The number of nitrogens with zero attached hydrogens (tertiary/aromatic N) is 3. The molecule has 0 fully saturated rings. The fourth-order valence-electron chi connectivity index (χ4n) is 2.52. The van der Waals surface area contributed by atoms with Crippen LogP contribution in [0.3, 0.4) is 0 Å². The van der Waals surface area contributed by atoms with Gasteiger partial charge in [0.1, 0.15) is 11.6 Å². The van der Waals surface area contributed by atoms with E-state index in [9.17, 15) is 8.78 Å². The van der Waals surface area contributed by atoms with Crippen LogP contribution in [0.2, 0.25) is 0 Å². The molecule has 0 spiro atoms. The van der Waals surface area contributed by atoms with Crippen molar-refractivity contribution in [1.82, 2.24) is 15.8 Å². The quantitative estimate of drug-likeness (QED) is 0.794. The molecule has 0 saturated carbocycles. The Morgan fingerprint density at radius 2 is 1.44 bits per heavy atom. The lowest BCUT2D eigenvalue weighted by atomic mass is 10.1. The van der Waals surface area contributed by atoms with E-state index in [1.165, 1.54) is 17.7 Å². The predicted octanol–water partition coefficient (Wildman–Crippen LogP) is 3.85. The number of nitrogens with one attached hydrogen (secondary N) is 2. The number of hydrogen-bond acceptors (Lipinski definition) is 5. The van der Waals surface area contributed by atoms with Crippen LogP contribution < -0.4 is 10.9 Å². The minimum absolute atomic E-state index is 0.0924. The summed E-state index contributed by atoms with van der Waals surface area (Å²) >= 11 is 3.38. The average molecular weight is 408 g/mol. The Balaban J connectivity index is 0.000000146. The van der Waals surface area contributed by atoms with Crippen molar-refractivity contribution < 1.29 is 8.78 Å². The van der Waals surface area contributed by atoms with Gasteiger partial charge >= 0.3 is 0 Å². The van der Waals surface area contributed by atoms with Gasteiger partial charge in [-0.3, -0.25) is 4.98 Å². The highest BCUT2D eigenvalue weighted by molar-refractivity contribution is 9.10. The standard InChI is InChI=1S/C9H8F2N2.C8H8BrN3/c10-7-3-6(4-8(11)5-7)9-1-2-12-13-9;9-7-3-6(4-10-5-7)8-1-2-11-12-8/h2-5,9,13H,1H2;2-5,8,12H,1H2. The largest absolute Gasteiger partial charge is 0.303 e. The van der Waals surface area contributed by atoms with Crippen molar-refractivity contribution in [3.05, 3.63) is 63.9 Å². The first kappa shape index (κ1) is 17.5. The molecule has 2 atom stereocenters. The molecule has 1 aromatic carbocycles. The van der Waals surface area contributed by atoms with Crippen LogP contribution in [0.15, 0.2) is 51.3 Å². The molecule has 8 heteroatoms. The molecule has 2 unspecified atom stereocenters. The zero-order valence-electron chi connectivity index (χ0n) is 13.2. The van der Waals surface area contributed by atoms with Crippen molar-refractivity contribution in [2.45, 2.75) is 24.9 Å². The van der Waals surface area contributed by atoms with E-state index >= 15 is 0 Å². The minimum Gasteiger partial charge on any atom is -0.303 e. The summed E-state index contributed by atoms with van der Waals surface area (Å²) in [6.45, 7) is 0. The van der Waals surface area contributed by atoms with Gasteiger partial charge in [0.05, 0.1) is 12.1 Å². The molecule has 0 amide bonds. The molecule has 1 aromatic heterocycles. The van der Waals surface area contributed by atoms with Crippen LogP contribution in [0.25, 0.3) is 0 Å². The van der Waals surface area contributed by atoms with Crippen molar-refractivity contribution >= 4 is 28.4 Å². The molecule has 0 aliphatic carbocycles. The van der Waals surface area contributed by atoms with Gasteiger partial charge in [0.2, 0.25) is 0 Å². The van der Waals surface area contributed by atoms with Gasteiger partial charge in [-0.25, -0.2) is 8.78 Å². The Morgan fingerprint density at radius 1 is 0.840 bits per heavy atom. The molecule has 5 nitrogen and oxygen atoms in total. The van der Waals surface area contributed by atoms with E-state index < -0.39 is 11.6 Å². The van der Waals surface area contributed by atoms with Crippen molar-refractivity contribution in [3.63, 3.8) is 0 Å². The van der Waals surface area contributed by atoms with E-state index in [2.05, 4.69) is 48.0 Å². The Morgan fingerprint density at radius 3 is 1.96 bits per heavy atom. The summed E-state index contributed by atoms with van der Waals surface area (Å²) in [4.78, 5) is 4.09. The van der Waals surface area contributed by atoms with E-state index in [4.69, 9.17) is 0 Å². The van der Waals surface area contributed by atoms with E-state index in [0.29, 0.717) is 18.0 Å². The second-order valence-corrected chi connectivity index (χ2v) is 6.51. The minimum atomic E-state index is -0.552. The maximum Gasteiger partial charge on any atom is 0.126 e. The zero-order chi connectivity index (χ0) is 17.6. The molecule has 4 rings (SSSR count). The van der Waals surface area contributed by atoms with Gasteiger partial charge in [-0.15, -0.1) is 0 Å². The zero-order valence-corrected chi connectivity index (χ0v) is 14.7. The first-order chi connectivity index (χ1) is 12.1. The molecule has 3 heterocycles. The van der Waals surface area contributed by atoms with Crippen LogP contribution in [0.4, 0.5) is 8.78 Å². The molecule has 2 aliphatic rings. The fraction of sp³-hybridized carbons (Fsp3) is 0.235. The Kier molecular flexibility index (Phi) is 5.70. The summed E-state index contributed by atoms with van der Waals surface area (Å²) in [6.07, 6.45) is 8.82. The van der Waals surface area contributed by atoms with Gasteiger partial charge < -0.3 is 10.9 Å². The Hall–Kier alpha value is -2.35. The van der Waals surface area contributed by atoms with Crippen molar-refractivity contribution in [2.75, 3.05) is 0 Å². The molecular formula is C17H16BrF2N5.